The van der Waals surface area contributed by atoms with Crippen LogP contribution < -0.4 is 0 Å². The Labute approximate surface area is 78.8 Å². The predicted octanol–water partition coefficient (Wildman–Crippen LogP) is 2.75. The van der Waals surface area contributed by atoms with E-state index in [-0.39, 0.29) is 0 Å². The normalized spacial score (nSPS) is 8.55. The van der Waals surface area contributed by atoms with E-state index in [1.807, 2.05) is 0 Å². The van der Waals surface area contributed by atoms with Gasteiger partial charge in [-0.05, 0) is 0 Å². The van der Waals surface area contributed by atoms with Gasteiger partial charge in [0.15, 0.2) is 0 Å². The van der Waals surface area contributed by atoms with Gasteiger partial charge < -0.3 is 0 Å². The van der Waals surface area contributed by atoms with E-state index < -0.39 is 17.5 Å². The molecule has 0 atom stereocenters. The number of hydrogen-bond donors (Lipinski definition) is 0. The zero-order valence-electron chi connectivity index (χ0n) is 5.37. The van der Waals surface area contributed by atoms with Gasteiger partial charge in [0.1, 0.15) is 0 Å². The van der Waals surface area contributed by atoms with Gasteiger partial charge in [-0.3, -0.25) is 4.39 Å². The van der Waals surface area contributed by atoms with Crippen LogP contribution in [0.1, 0.15) is 0 Å². The molecule has 0 N–H and O–H groups in total. The minimum atomic E-state index is -1.28. The Morgan fingerprint density at radius 1 is 1.18 bits per heavy atom. The SMILES string of the molecule is Fc1[c-]c(F)c(F)cc1.[Zn+][Br]. The van der Waals surface area contributed by atoms with E-state index in [4.69, 9.17) is 0 Å². The average molecular weight is 276 g/mol. The van der Waals surface area contributed by atoms with Gasteiger partial charge in [0.25, 0.3) is 0 Å². The van der Waals surface area contributed by atoms with E-state index in [1.54, 1.807) is 0 Å². The molecule has 1 rings (SSSR count). The Hall–Kier alpha value is 0.113. The van der Waals surface area contributed by atoms with Crippen LogP contribution in [-0.4, -0.2) is 0 Å². The van der Waals surface area contributed by atoms with Crippen molar-refractivity contribution in [2.75, 3.05) is 0 Å². The second kappa shape index (κ2) is 5.72. The molecular weight excluding hydrogens is 274 g/mol. The monoisotopic (exact) mass is 274 g/mol. The summed E-state index contributed by atoms with van der Waals surface area (Å²) in [5, 5.41) is 0. The van der Waals surface area contributed by atoms with Crippen molar-refractivity contribution in [3.05, 3.63) is 35.7 Å². The molecule has 0 saturated heterocycles. The van der Waals surface area contributed by atoms with Gasteiger partial charge in [-0.15, -0.1) is 18.2 Å². The third kappa shape index (κ3) is 3.87. The Morgan fingerprint density at radius 2 is 1.73 bits per heavy atom. The van der Waals surface area contributed by atoms with Gasteiger partial charge >= 0.3 is 30.0 Å². The molecule has 0 unspecified atom stereocenters. The summed E-state index contributed by atoms with van der Waals surface area (Å²) < 4.78 is 35.7. The fourth-order valence-corrected chi connectivity index (χ4v) is 0.426. The maximum atomic E-state index is 11.9. The third-order valence-electron chi connectivity index (χ3n) is 0.815. The van der Waals surface area contributed by atoms with E-state index in [0.717, 1.165) is 6.07 Å². The summed E-state index contributed by atoms with van der Waals surface area (Å²) in [6.45, 7) is 0. The summed E-state index contributed by atoms with van der Waals surface area (Å²) in [6, 6.07) is 3.04. The quantitative estimate of drug-likeness (QED) is 0.388. The summed E-state index contributed by atoms with van der Waals surface area (Å²) in [5.74, 6) is -3.26. The van der Waals surface area contributed by atoms with Crippen LogP contribution in [0.25, 0.3) is 0 Å². The van der Waals surface area contributed by atoms with Gasteiger partial charge in [0, 0.05) is 17.5 Å². The van der Waals surface area contributed by atoms with Crippen molar-refractivity contribution in [1.82, 2.24) is 0 Å². The molecular formula is C6H2BrF3Zn. The van der Waals surface area contributed by atoms with Crippen molar-refractivity contribution < 1.29 is 29.5 Å². The molecule has 5 heteroatoms. The molecule has 0 aliphatic carbocycles. The van der Waals surface area contributed by atoms with Gasteiger partial charge in [-0.25, -0.2) is 8.78 Å². The maximum absolute atomic E-state index is 11.9. The van der Waals surface area contributed by atoms with Gasteiger partial charge in [-0.1, -0.05) is 0 Å². The van der Waals surface area contributed by atoms with E-state index in [1.165, 1.54) is 22.4 Å². The molecule has 0 heterocycles. The van der Waals surface area contributed by atoms with Crippen LogP contribution in [0.2, 0.25) is 0 Å². The van der Waals surface area contributed by atoms with Crippen LogP contribution in [0.5, 0.6) is 0 Å². The molecule has 0 fully saturated rings. The standard InChI is InChI=1S/C6H2F3.BrH.Zn/c7-4-1-2-5(8)6(9)3-4;;/h1-2H;1H;/q-1;;+2/p-1. The first-order chi connectivity index (χ1) is 5.20. The van der Waals surface area contributed by atoms with Crippen LogP contribution in [0.3, 0.4) is 0 Å². The van der Waals surface area contributed by atoms with Crippen LogP contribution in [-0.2, 0) is 16.3 Å². The number of benzene rings is 1. The van der Waals surface area contributed by atoms with Gasteiger partial charge in [0.05, 0.1) is 0 Å². The average Bonchev–Trinajstić information content (AvgIpc) is 2.02. The molecule has 56 valence electrons. The van der Waals surface area contributed by atoms with Crippen LogP contribution >= 0.6 is 13.6 Å². The third-order valence-corrected chi connectivity index (χ3v) is 0.815. The van der Waals surface area contributed by atoms with E-state index in [9.17, 15) is 13.2 Å². The zero-order valence-corrected chi connectivity index (χ0v) is 9.93. The molecule has 11 heavy (non-hydrogen) atoms. The molecule has 0 bridgehead atoms. The first-order valence-corrected chi connectivity index (χ1v) is 9.44. The second-order valence-corrected chi connectivity index (χ2v) is 1.47. The van der Waals surface area contributed by atoms with Crippen molar-refractivity contribution in [3.63, 3.8) is 0 Å². The second-order valence-electron chi connectivity index (χ2n) is 1.47. The van der Waals surface area contributed by atoms with Crippen LogP contribution in [0.4, 0.5) is 13.2 Å². The summed E-state index contributed by atoms with van der Waals surface area (Å²) in [7, 11) is 0. The van der Waals surface area contributed by atoms with Gasteiger partial charge in [-0.2, -0.15) is 0 Å². The molecule has 0 radical (unpaired) electrons. The molecule has 0 spiro atoms. The summed E-state index contributed by atoms with van der Waals surface area (Å²) in [4.78, 5) is 0. The van der Waals surface area contributed by atoms with Crippen molar-refractivity contribution in [3.8, 4) is 0 Å². The minimum absolute atomic E-state index is 0.709. The Bertz CT molecular complexity index is 229. The predicted molar refractivity (Wildman–Crippen MR) is 34.1 cm³/mol. The first-order valence-electron chi connectivity index (χ1n) is 2.49. The summed E-state index contributed by atoms with van der Waals surface area (Å²) in [6.07, 6.45) is 0. The molecule has 0 nitrogen and oxygen atoms in total. The summed E-state index contributed by atoms with van der Waals surface area (Å²) >= 11 is 4.25. The van der Waals surface area contributed by atoms with Crippen LogP contribution in [0.15, 0.2) is 12.1 Å². The van der Waals surface area contributed by atoms with Crippen molar-refractivity contribution >= 4 is 13.6 Å². The fourth-order valence-electron chi connectivity index (χ4n) is 0.426. The molecule has 0 aromatic heterocycles. The molecule has 0 saturated carbocycles. The zero-order chi connectivity index (χ0) is 8.85. The molecule has 1 aromatic carbocycles. The van der Waals surface area contributed by atoms with E-state index >= 15 is 0 Å². The van der Waals surface area contributed by atoms with Crippen molar-refractivity contribution in [1.29, 1.82) is 0 Å². The van der Waals surface area contributed by atoms with E-state index in [2.05, 4.69) is 13.6 Å². The number of rotatable bonds is 0. The molecule has 0 amide bonds. The molecule has 0 aliphatic heterocycles. The molecule has 1 aromatic rings. The molecule has 0 aliphatic rings. The van der Waals surface area contributed by atoms with Crippen molar-refractivity contribution in [2.45, 2.75) is 0 Å². The Morgan fingerprint density at radius 3 is 2.09 bits per heavy atom. The topological polar surface area (TPSA) is 0 Å². The van der Waals surface area contributed by atoms with Gasteiger partial charge in [0.2, 0.25) is 0 Å². The number of halogens is 4. The number of hydrogen-bond acceptors (Lipinski definition) is 0. The van der Waals surface area contributed by atoms with Crippen molar-refractivity contribution in [2.24, 2.45) is 0 Å². The first kappa shape index (κ1) is 11.1. The Kier molecular flexibility index (Phi) is 5.78. The summed E-state index contributed by atoms with van der Waals surface area (Å²) in [5.41, 5.74) is 0. The Balaban J connectivity index is 0.000000461. The fraction of sp³-hybridized carbons (Fsp3) is 0. The van der Waals surface area contributed by atoms with E-state index in [0.29, 0.717) is 6.07 Å². The van der Waals surface area contributed by atoms with Crippen LogP contribution in [0, 0.1) is 23.5 Å².